The summed E-state index contributed by atoms with van der Waals surface area (Å²) in [5.74, 6) is 0.155. The fourth-order valence-corrected chi connectivity index (χ4v) is 2.69. The first-order chi connectivity index (χ1) is 10.1. The van der Waals surface area contributed by atoms with E-state index in [2.05, 4.69) is 10.6 Å². The highest BCUT2D eigenvalue weighted by atomic mass is 35.5. The third-order valence-electron chi connectivity index (χ3n) is 4.03. The minimum absolute atomic E-state index is 0. The number of halogens is 1. The van der Waals surface area contributed by atoms with Crippen LogP contribution in [0.5, 0.6) is 0 Å². The Balaban J connectivity index is 0.00000242. The van der Waals surface area contributed by atoms with Crippen molar-refractivity contribution in [2.45, 2.75) is 32.6 Å². The van der Waals surface area contributed by atoms with E-state index in [1.807, 2.05) is 6.92 Å². The molecule has 0 saturated carbocycles. The summed E-state index contributed by atoms with van der Waals surface area (Å²) in [4.78, 5) is 23.3. The highest BCUT2D eigenvalue weighted by molar-refractivity contribution is 5.97. The molecule has 2 amide bonds. The van der Waals surface area contributed by atoms with Gasteiger partial charge in [-0.2, -0.15) is 0 Å². The predicted octanol–water partition coefficient (Wildman–Crippen LogP) is 2.23. The highest BCUT2D eigenvalue weighted by Crippen LogP contribution is 2.19. The number of hydrogen-bond acceptors (Lipinski definition) is 3. The predicted molar refractivity (Wildman–Crippen MR) is 90.4 cm³/mol. The number of carbonyl (C=O) groups excluding carboxylic acids is 2. The molecule has 1 fully saturated rings. The summed E-state index contributed by atoms with van der Waals surface area (Å²) in [6.07, 6.45) is 3.72. The minimum Gasteiger partial charge on any atom is -0.366 e. The lowest BCUT2D eigenvalue weighted by molar-refractivity contribution is -0.116. The number of nitrogens with one attached hydrogen (secondary N) is 2. The molecule has 0 atom stereocenters. The van der Waals surface area contributed by atoms with Crippen LogP contribution in [0.15, 0.2) is 18.2 Å². The lowest BCUT2D eigenvalue weighted by atomic mass is 9.93. The van der Waals surface area contributed by atoms with Gasteiger partial charge in [-0.05, 0) is 62.9 Å². The summed E-state index contributed by atoms with van der Waals surface area (Å²) >= 11 is 0. The molecular formula is C16H24ClN3O2. The van der Waals surface area contributed by atoms with Gasteiger partial charge in [0.25, 0.3) is 0 Å². The van der Waals surface area contributed by atoms with Crippen LogP contribution in [-0.4, -0.2) is 24.9 Å². The normalized spacial score (nSPS) is 15.0. The topological polar surface area (TPSA) is 84.2 Å². The molecule has 0 spiro atoms. The largest absolute Gasteiger partial charge is 0.366 e. The Kier molecular flexibility index (Phi) is 7.35. The standard InChI is InChI=1S/C16H23N3O2.ClH/c1-11-2-4-13(10-14(11)16(17)21)19-15(20)5-3-12-6-8-18-9-7-12;/h2,4,10,12,18H,3,5-9H2,1H3,(H2,17,21)(H,19,20);1H. The maximum atomic E-state index is 12.0. The quantitative estimate of drug-likeness (QED) is 0.776. The van der Waals surface area contributed by atoms with Crippen LogP contribution in [0.2, 0.25) is 0 Å². The monoisotopic (exact) mass is 325 g/mol. The number of hydrogen-bond donors (Lipinski definition) is 3. The van der Waals surface area contributed by atoms with Crippen LogP contribution in [0.25, 0.3) is 0 Å². The zero-order chi connectivity index (χ0) is 15.2. The molecule has 6 heteroatoms. The maximum absolute atomic E-state index is 12.0. The highest BCUT2D eigenvalue weighted by Gasteiger charge is 2.15. The molecule has 122 valence electrons. The molecule has 1 aliphatic rings. The van der Waals surface area contributed by atoms with Gasteiger partial charge in [0.2, 0.25) is 11.8 Å². The second-order valence-electron chi connectivity index (χ2n) is 5.67. The van der Waals surface area contributed by atoms with Gasteiger partial charge in [0.05, 0.1) is 0 Å². The van der Waals surface area contributed by atoms with E-state index in [9.17, 15) is 9.59 Å². The first-order valence-electron chi connectivity index (χ1n) is 7.47. The van der Waals surface area contributed by atoms with Crippen LogP contribution in [0.1, 0.15) is 41.6 Å². The summed E-state index contributed by atoms with van der Waals surface area (Å²) in [6.45, 7) is 3.92. The van der Waals surface area contributed by atoms with Gasteiger partial charge in [-0.1, -0.05) is 6.07 Å². The molecule has 1 heterocycles. The van der Waals surface area contributed by atoms with Crippen molar-refractivity contribution in [3.63, 3.8) is 0 Å². The van der Waals surface area contributed by atoms with Crippen molar-refractivity contribution >= 4 is 29.9 Å². The van der Waals surface area contributed by atoms with Gasteiger partial charge in [0.15, 0.2) is 0 Å². The average Bonchev–Trinajstić information content (AvgIpc) is 2.48. The smallest absolute Gasteiger partial charge is 0.249 e. The van der Waals surface area contributed by atoms with Crippen LogP contribution >= 0.6 is 12.4 Å². The Morgan fingerprint density at radius 1 is 1.32 bits per heavy atom. The molecule has 0 radical (unpaired) electrons. The summed E-state index contributed by atoms with van der Waals surface area (Å²) in [5, 5.41) is 6.16. The molecule has 0 aromatic heterocycles. The van der Waals surface area contributed by atoms with Crippen molar-refractivity contribution in [1.82, 2.24) is 5.32 Å². The van der Waals surface area contributed by atoms with Gasteiger partial charge in [-0.3, -0.25) is 9.59 Å². The maximum Gasteiger partial charge on any atom is 0.249 e. The van der Waals surface area contributed by atoms with E-state index in [4.69, 9.17) is 5.73 Å². The van der Waals surface area contributed by atoms with E-state index in [0.29, 0.717) is 23.6 Å². The van der Waals surface area contributed by atoms with Crippen molar-refractivity contribution in [2.75, 3.05) is 18.4 Å². The molecule has 0 unspecified atom stereocenters. The molecule has 1 aromatic carbocycles. The fraction of sp³-hybridized carbons (Fsp3) is 0.500. The Hall–Kier alpha value is -1.59. The molecule has 4 N–H and O–H groups in total. The molecular weight excluding hydrogens is 302 g/mol. The number of anilines is 1. The van der Waals surface area contributed by atoms with E-state index < -0.39 is 5.91 Å². The van der Waals surface area contributed by atoms with Crippen LogP contribution in [0.4, 0.5) is 5.69 Å². The molecule has 5 nitrogen and oxygen atoms in total. The van der Waals surface area contributed by atoms with Gasteiger partial charge in [-0.15, -0.1) is 12.4 Å². The molecule has 0 bridgehead atoms. The van der Waals surface area contributed by atoms with Gasteiger partial charge in [0, 0.05) is 17.7 Å². The number of carbonyl (C=O) groups is 2. The number of aryl methyl sites for hydroxylation is 1. The molecule has 1 aromatic rings. The van der Waals surface area contributed by atoms with Crippen LogP contribution < -0.4 is 16.4 Å². The molecule has 0 aliphatic carbocycles. The second kappa shape index (κ2) is 8.76. The van der Waals surface area contributed by atoms with E-state index in [-0.39, 0.29) is 18.3 Å². The lowest BCUT2D eigenvalue weighted by Crippen LogP contribution is -2.28. The minimum atomic E-state index is -0.474. The van der Waals surface area contributed by atoms with Gasteiger partial charge in [0.1, 0.15) is 0 Å². The Bertz CT molecular complexity index is 528. The van der Waals surface area contributed by atoms with E-state index in [0.717, 1.165) is 37.9 Å². The van der Waals surface area contributed by atoms with Gasteiger partial charge >= 0.3 is 0 Å². The Morgan fingerprint density at radius 2 is 2.00 bits per heavy atom. The number of amides is 2. The van der Waals surface area contributed by atoms with E-state index >= 15 is 0 Å². The summed E-state index contributed by atoms with van der Waals surface area (Å²) in [5.41, 5.74) is 7.21. The molecule has 22 heavy (non-hydrogen) atoms. The first kappa shape index (κ1) is 18.5. The van der Waals surface area contributed by atoms with Gasteiger partial charge in [-0.25, -0.2) is 0 Å². The van der Waals surface area contributed by atoms with Crippen molar-refractivity contribution < 1.29 is 9.59 Å². The zero-order valence-electron chi connectivity index (χ0n) is 12.9. The SMILES string of the molecule is Cc1ccc(NC(=O)CCC2CCNCC2)cc1C(N)=O.Cl. The number of primary amides is 1. The number of benzene rings is 1. The number of piperidine rings is 1. The Labute approximate surface area is 137 Å². The molecule has 1 saturated heterocycles. The Morgan fingerprint density at radius 3 is 2.64 bits per heavy atom. The van der Waals surface area contributed by atoms with Crippen LogP contribution in [0, 0.1) is 12.8 Å². The number of nitrogens with two attached hydrogens (primary N) is 1. The summed E-state index contributed by atoms with van der Waals surface area (Å²) < 4.78 is 0. The second-order valence-corrected chi connectivity index (χ2v) is 5.67. The summed E-state index contributed by atoms with van der Waals surface area (Å²) in [6, 6.07) is 5.23. The van der Waals surface area contributed by atoms with Crippen molar-refractivity contribution in [3.8, 4) is 0 Å². The summed E-state index contributed by atoms with van der Waals surface area (Å²) in [7, 11) is 0. The third-order valence-corrected chi connectivity index (χ3v) is 4.03. The van der Waals surface area contributed by atoms with E-state index in [1.54, 1.807) is 18.2 Å². The van der Waals surface area contributed by atoms with Crippen molar-refractivity contribution in [2.24, 2.45) is 11.7 Å². The number of rotatable bonds is 5. The van der Waals surface area contributed by atoms with Crippen LogP contribution in [0.3, 0.4) is 0 Å². The molecule has 2 rings (SSSR count). The fourth-order valence-electron chi connectivity index (χ4n) is 2.69. The zero-order valence-corrected chi connectivity index (χ0v) is 13.7. The average molecular weight is 326 g/mol. The lowest BCUT2D eigenvalue weighted by Gasteiger charge is -2.22. The van der Waals surface area contributed by atoms with Crippen molar-refractivity contribution in [1.29, 1.82) is 0 Å². The van der Waals surface area contributed by atoms with Gasteiger partial charge < -0.3 is 16.4 Å². The third kappa shape index (κ3) is 5.31. The van der Waals surface area contributed by atoms with Crippen molar-refractivity contribution in [3.05, 3.63) is 29.3 Å². The first-order valence-corrected chi connectivity index (χ1v) is 7.47. The van der Waals surface area contributed by atoms with Crippen LogP contribution in [-0.2, 0) is 4.79 Å². The molecule has 1 aliphatic heterocycles. The van der Waals surface area contributed by atoms with E-state index in [1.165, 1.54) is 0 Å².